The van der Waals surface area contributed by atoms with Crippen molar-refractivity contribution in [1.82, 2.24) is 0 Å². The topological polar surface area (TPSA) is 44.5 Å². The molecule has 2 N–H and O–H groups in total. The summed E-state index contributed by atoms with van der Waals surface area (Å²) in [6.07, 6.45) is -0.171. The Kier molecular flexibility index (Phi) is 3.83. The molecule has 0 fully saturated rings. The first kappa shape index (κ1) is 14.9. The molecule has 2 aromatic rings. The van der Waals surface area contributed by atoms with Gasteiger partial charge in [-0.1, -0.05) is 23.8 Å². The van der Waals surface area contributed by atoms with Gasteiger partial charge in [0, 0.05) is 0 Å². The van der Waals surface area contributed by atoms with Gasteiger partial charge in [-0.05, 0) is 62.1 Å². The van der Waals surface area contributed by atoms with Gasteiger partial charge in [-0.15, -0.1) is 0 Å². The van der Waals surface area contributed by atoms with Gasteiger partial charge >= 0.3 is 0 Å². The van der Waals surface area contributed by atoms with Crippen molar-refractivity contribution < 1.29 is 9.47 Å². The third-order valence-electron chi connectivity index (χ3n) is 4.44. The van der Waals surface area contributed by atoms with E-state index in [1.54, 1.807) is 0 Å². The second kappa shape index (κ2) is 5.65. The Balaban J connectivity index is 1.87. The third kappa shape index (κ3) is 2.69. The van der Waals surface area contributed by atoms with Crippen LogP contribution in [-0.4, -0.2) is 12.7 Å². The highest BCUT2D eigenvalue weighted by Gasteiger charge is 2.29. The van der Waals surface area contributed by atoms with Crippen LogP contribution in [0.1, 0.15) is 33.9 Å². The lowest BCUT2D eigenvalue weighted by molar-refractivity contribution is 0.0718. The highest BCUT2D eigenvalue weighted by atomic mass is 16.6. The molecule has 1 aliphatic heterocycles. The Morgan fingerprint density at radius 3 is 2.36 bits per heavy atom. The van der Waals surface area contributed by atoms with Crippen LogP contribution in [-0.2, 0) is 0 Å². The van der Waals surface area contributed by atoms with Crippen LogP contribution in [0, 0.1) is 27.7 Å². The largest absolute Gasteiger partial charge is 0.486 e. The van der Waals surface area contributed by atoms with Gasteiger partial charge in [-0.2, -0.15) is 0 Å². The fourth-order valence-electron chi connectivity index (χ4n) is 2.83. The van der Waals surface area contributed by atoms with E-state index in [0.29, 0.717) is 6.61 Å². The van der Waals surface area contributed by atoms with Gasteiger partial charge in [0.1, 0.15) is 6.61 Å². The van der Waals surface area contributed by atoms with Crippen LogP contribution in [0.15, 0.2) is 30.3 Å². The van der Waals surface area contributed by atoms with Crippen LogP contribution in [0.4, 0.5) is 0 Å². The van der Waals surface area contributed by atoms with Gasteiger partial charge in [-0.3, -0.25) is 0 Å². The molecule has 0 spiro atoms. The molecular formula is C19H23NO2. The average molecular weight is 297 g/mol. The van der Waals surface area contributed by atoms with Gasteiger partial charge in [0.25, 0.3) is 0 Å². The number of rotatable bonds is 2. The molecule has 0 saturated heterocycles. The number of hydrogen-bond acceptors (Lipinski definition) is 3. The summed E-state index contributed by atoms with van der Waals surface area (Å²) in [5.74, 6) is 1.60. The van der Waals surface area contributed by atoms with E-state index in [0.717, 1.165) is 17.1 Å². The lowest BCUT2D eigenvalue weighted by atomic mass is 9.95. The lowest BCUT2D eigenvalue weighted by Crippen LogP contribution is -2.39. The van der Waals surface area contributed by atoms with Crippen molar-refractivity contribution in [3.8, 4) is 11.5 Å². The van der Waals surface area contributed by atoms with Crippen LogP contribution in [0.2, 0.25) is 0 Å². The minimum absolute atomic E-state index is 0.171. The Morgan fingerprint density at radius 1 is 0.955 bits per heavy atom. The summed E-state index contributed by atoms with van der Waals surface area (Å²) < 4.78 is 12.0. The van der Waals surface area contributed by atoms with Crippen LogP contribution in [0.25, 0.3) is 0 Å². The second-order valence-corrected chi connectivity index (χ2v) is 6.24. The molecule has 0 amide bonds. The van der Waals surface area contributed by atoms with Crippen molar-refractivity contribution in [1.29, 1.82) is 0 Å². The summed E-state index contributed by atoms with van der Waals surface area (Å²) in [4.78, 5) is 0. The maximum Gasteiger partial charge on any atom is 0.162 e. The predicted octanol–water partition coefficient (Wildman–Crippen LogP) is 3.76. The Bertz CT molecular complexity index is 709. The lowest BCUT2D eigenvalue weighted by Gasteiger charge is -2.31. The smallest absolute Gasteiger partial charge is 0.162 e. The van der Waals surface area contributed by atoms with Gasteiger partial charge in [-0.25, -0.2) is 0 Å². The van der Waals surface area contributed by atoms with E-state index in [4.69, 9.17) is 15.2 Å². The standard InChI is InChI=1S/C19H23NO2/c1-11-5-6-12(2)15(7-11)19(20)18-10-21-16-8-13(3)14(4)9-17(16)22-18/h5-9,18-19H,10,20H2,1-4H3. The fourth-order valence-corrected chi connectivity index (χ4v) is 2.83. The van der Waals surface area contributed by atoms with Crippen LogP contribution in [0.5, 0.6) is 11.5 Å². The zero-order valence-corrected chi connectivity index (χ0v) is 13.6. The van der Waals surface area contributed by atoms with Gasteiger partial charge in [0.05, 0.1) is 6.04 Å². The summed E-state index contributed by atoms with van der Waals surface area (Å²) in [6.45, 7) is 8.79. The van der Waals surface area contributed by atoms with E-state index in [9.17, 15) is 0 Å². The van der Waals surface area contributed by atoms with Crippen molar-refractivity contribution in [2.45, 2.75) is 39.8 Å². The van der Waals surface area contributed by atoms with Crippen molar-refractivity contribution in [3.05, 3.63) is 58.1 Å². The molecule has 116 valence electrons. The monoisotopic (exact) mass is 297 g/mol. The molecule has 0 aromatic heterocycles. The molecule has 2 aromatic carbocycles. The SMILES string of the molecule is Cc1ccc(C)c(C(N)C2COc3cc(C)c(C)cc3O2)c1. The average Bonchev–Trinajstić information content (AvgIpc) is 2.50. The van der Waals surface area contributed by atoms with Crippen LogP contribution < -0.4 is 15.2 Å². The zero-order chi connectivity index (χ0) is 15.9. The molecule has 2 unspecified atom stereocenters. The Hall–Kier alpha value is -2.00. The molecule has 0 saturated carbocycles. The first-order valence-corrected chi connectivity index (χ1v) is 7.69. The maximum atomic E-state index is 6.46. The van der Waals surface area contributed by atoms with Gasteiger partial charge in [0.15, 0.2) is 17.6 Å². The molecule has 0 radical (unpaired) electrons. The number of benzene rings is 2. The summed E-state index contributed by atoms with van der Waals surface area (Å²) in [6, 6.07) is 10.2. The summed E-state index contributed by atoms with van der Waals surface area (Å²) in [7, 11) is 0. The number of aryl methyl sites for hydroxylation is 4. The fraction of sp³-hybridized carbons (Fsp3) is 0.368. The highest BCUT2D eigenvalue weighted by Crippen LogP contribution is 2.36. The molecule has 22 heavy (non-hydrogen) atoms. The quantitative estimate of drug-likeness (QED) is 0.918. The number of nitrogens with two attached hydrogens (primary N) is 1. The Morgan fingerprint density at radius 2 is 1.64 bits per heavy atom. The molecule has 0 aliphatic carbocycles. The normalized spacial score (nSPS) is 18.1. The number of fused-ring (bicyclic) bond motifs is 1. The minimum Gasteiger partial charge on any atom is -0.486 e. The number of hydrogen-bond donors (Lipinski definition) is 1. The summed E-state index contributed by atoms with van der Waals surface area (Å²) >= 11 is 0. The van der Waals surface area contributed by atoms with E-state index >= 15 is 0 Å². The summed E-state index contributed by atoms with van der Waals surface area (Å²) in [5, 5.41) is 0. The molecule has 1 heterocycles. The molecule has 3 rings (SSSR count). The van der Waals surface area contributed by atoms with E-state index in [-0.39, 0.29) is 12.1 Å². The van der Waals surface area contributed by atoms with Gasteiger partial charge in [0.2, 0.25) is 0 Å². The van der Waals surface area contributed by atoms with E-state index in [1.165, 1.54) is 22.3 Å². The zero-order valence-electron chi connectivity index (χ0n) is 13.6. The van der Waals surface area contributed by atoms with Gasteiger partial charge < -0.3 is 15.2 Å². The highest BCUT2D eigenvalue weighted by molar-refractivity contribution is 5.48. The first-order valence-electron chi connectivity index (χ1n) is 7.69. The number of ether oxygens (including phenoxy) is 2. The molecule has 2 atom stereocenters. The minimum atomic E-state index is -0.199. The third-order valence-corrected chi connectivity index (χ3v) is 4.44. The molecule has 3 heteroatoms. The predicted molar refractivity (Wildman–Crippen MR) is 88.7 cm³/mol. The molecular weight excluding hydrogens is 274 g/mol. The van der Waals surface area contributed by atoms with E-state index in [1.807, 2.05) is 12.1 Å². The van der Waals surface area contributed by atoms with E-state index in [2.05, 4.69) is 45.9 Å². The maximum absolute atomic E-state index is 6.46. The second-order valence-electron chi connectivity index (χ2n) is 6.24. The van der Waals surface area contributed by atoms with Crippen molar-refractivity contribution in [2.24, 2.45) is 5.73 Å². The van der Waals surface area contributed by atoms with Crippen molar-refractivity contribution >= 4 is 0 Å². The first-order chi connectivity index (χ1) is 10.5. The van der Waals surface area contributed by atoms with E-state index < -0.39 is 0 Å². The Labute approximate surface area is 132 Å². The van der Waals surface area contributed by atoms with Crippen molar-refractivity contribution in [2.75, 3.05) is 6.61 Å². The summed E-state index contributed by atoms with van der Waals surface area (Å²) in [5.41, 5.74) is 12.4. The van der Waals surface area contributed by atoms with Crippen LogP contribution >= 0.6 is 0 Å². The van der Waals surface area contributed by atoms with Crippen molar-refractivity contribution in [3.63, 3.8) is 0 Å². The molecule has 1 aliphatic rings. The molecule has 3 nitrogen and oxygen atoms in total. The molecule has 0 bridgehead atoms. The van der Waals surface area contributed by atoms with Crippen LogP contribution in [0.3, 0.4) is 0 Å².